The Labute approximate surface area is 138 Å². The van der Waals surface area contributed by atoms with Gasteiger partial charge in [-0.15, -0.1) is 11.3 Å². The molecule has 23 heavy (non-hydrogen) atoms. The van der Waals surface area contributed by atoms with E-state index in [1.807, 2.05) is 32.0 Å². The predicted octanol–water partition coefficient (Wildman–Crippen LogP) is 3.29. The molecule has 2 heterocycles. The number of likely N-dealkylation sites (N-methyl/N-ethyl adjacent to an activating group) is 1. The van der Waals surface area contributed by atoms with Crippen LogP contribution in [0.2, 0.25) is 0 Å². The SMILES string of the molecule is CCNC(=O)C(C)Nc1ncnc2sc(-c3ccccc3)cc12. The van der Waals surface area contributed by atoms with E-state index in [9.17, 15) is 4.79 Å². The van der Waals surface area contributed by atoms with E-state index in [0.717, 1.165) is 20.7 Å². The summed E-state index contributed by atoms with van der Waals surface area (Å²) in [4.78, 5) is 22.6. The zero-order chi connectivity index (χ0) is 16.2. The summed E-state index contributed by atoms with van der Waals surface area (Å²) in [6.07, 6.45) is 1.53. The van der Waals surface area contributed by atoms with Crippen molar-refractivity contribution < 1.29 is 4.79 Å². The summed E-state index contributed by atoms with van der Waals surface area (Å²) in [5.74, 6) is 0.643. The number of benzene rings is 1. The van der Waals surface area contributed by atoms with Crippen LogP contribution in [-0.4, -0.2) is 28.5 Å². The van der Waals surface area contributed by atoms with Gasteiger partial charge in [0.2, 0.25) is 5.91 Å². The van der Waals surface area contributed by atoms with Crippen molar-refractivity contribution in [3.8, 4) is 10.4 Å². The maximum absolute atomic E-state index is 11.9. The minimum Gasteiger partial charge on any atom is -0.358 e. The fourth-order valence-corrected chi connectivity index (χ4v) is 3.32. The first kappa shape index (κ1) is 15.4. The molecule has 2 N–H and O–H groups in total. The Kier molecular flexibility index (Phi) is 4.52. The van der Waals surface area contributed by atoms with Crippen molar-refractivity contribution in [1.29, 1.82) is 0 Å². The topological polar surface area (TPSA) is 66.9 Å². The van der Waals surface area contributed by atoms with Gasteiger partial charge in [0.25, 0.3) is 0 Å². The first-order valence-electron chi connectivity index (χ1n) is 7.53. The number of amides is 1. The van der Waals surface area contributed by atoms with E-state index in [1.165, 1.54) is 6.33 Å². The molecule has 1 atom stereocenters. The molecular weight excluding hydrogens is 308 g/mol. The number of nitrogens with one attached hydrogen (secondary N) is 2. The molecule has 0 fully saturated rings. The lowest BCUT2D eigenvalue weighted by atomic mass is 10.2. The van der Waals surface area contributed by atoms with Crippen molar-refractivity contribution >= 4 is 33.3 Å². The van der Waals surface area contributed by atoms with Crippen LogP contribution in [0.5, 0.6) is 0 Å². The molecule has 0 aliphatic rings. The summed E-state index contributed by atoms with van der Waals surface area (Å²) < 4.78 is 0. The maximum atomic E-state index is 11.9. The normalized spacial score (nSPS) is 12.1. The summed E-state index contributed by atoms with van der Waals surface area (Å²) in [6, 6.07) is 11.9. The molecule has 0 bridgehead atoms. The Morgan fingerprint density at radius 2 is 2.04 bits per heavy atom. The van der Waals surface area contributed by atoms with E-state index in [0.29, 0.717) is 12.4 Å². The number of nitrogens with zero attached hydrogens (tertiary/aromatic N) is 2. The molecule has 0 radical (unpaired) electrons. The van der Waals surface area contributed by atoms with Crippen LogP contribution in [0.4, 0.5) is 5.82 Å². The van der Waals surface area contributed by atoms with E-state index in [-0.39, 0.29) is 11.9 Å². The molecule has 0 saturated heterocycles. The Morgan fingerprint density at radius 1 is 1.26 bits per heavy atom. The van der Waals surface area contributed by atoms with Crippen molar-refractivity contribution in [2.45, 2.75) is 19.9 Å². The Balaban J connectivity index is 1.93. The van der Waals surface area contributed by atoms with Crippen LogP contribution in [0, 0.1) is 0 Å². The molecular formula is C17H18N4OS. The highest BCUT2D eigenvalue weighted by atomic mass is 32.1. The van der Waals surface area contributed by atoms with Crippen LogP contribution >= 0.6 is 11.3 Å². The quantitative estimate of drug-likeness (QED) is 0.755. The second-order valence-electron chi connectivity index (χ2n) is 5.18. The zero-order valence-electron chi connectivity index (χ0n) is 13.0. The predicted molar refractivity (Wildman–Crippen MR) is 94.6 cm³/mol. The molecule has 3 rings (SSSR count). The third kappa shape index (κ3) is 3.32. The second kappa shape index (κ2) is 6.75. The van der Waals surface area contributed by atoms with Crippen molar-refractivity contribution in [1.82, 2.24) is 15.3 Å². The Bertz CT molecular complexity index is 816. The van der Waals surface area contributed by atoms with Gasteiger partial charge >= 0.3 is 0 Å². The van der Waals surface area contributed by atoms with Gasteiger partial charge < -0.3 is 10.6 Å². The highest BCUT2D eigenvalue weighted by Gasteiger charge is 2.15. The number of rotatable bonds is 5. The van der Waals surface area contributed by atoms with Gasteiger partial charge in [0, 0.05) is 11.4 Å². The number of hydrogen-bond donors (Lipinski definition) is 2. The summed E-state index contributed by atoms with van der Waals surface area (Å²) in [5.41, 5.74) is 1.15. The highest BCUT2D eigenvalue weighted by Crippen LogP contribution is 2.34. The van der Waals surface area contributed by atoms with E-state index in [2.05, 4.69) is 38.8 Å². The Morgan fingerprint density at radius 3 is 2.78 bits per heavy atom. The zero-order valence-corrected chi connectivity index (χ0v) is 13.9. The summed E-state index contributed by atoms with van der Waals surface area (Å²) >= 11 is 1.62. The average molecular weight is 326 g/mol. The molecule has 0 aliphatic carbocycles. The van der Waals surface area contributed by atoms with Gasteiger partial charge in [0.1, 0.15) is 23.0 Å². The van der Waals surface area contributed by atoms with Crippen LogP contribution in [0.25, 0.3) is 20.7 Å². The van der Waals surface area contributed by atoms with E-state index in [1.54, 1.807) is 11.3 Å². The molecule has 1 amide bonds. The molecule has 5 nitrogen and oxygen atoms in total. The lowest BCUT2D eigenvalue weighted by molar-refractivity contribution is -0.121. The first-order valence-corrected chi connectivity index (χ1v) is 8.35. The first-order chi connectivity index (χ1) is 11.2. The lowest BCUT2D eigenvalue weighted by Gasteiger charge is -2.14. The van der Waals surface area contributed by atoms with Gasteiger partial charge in [0.15, 0.2) is 0 Å². The Hall–Kier alpha value is -2.47. The number of hydrogen-bond acceptors (Lipinski definition) is 5. The monoisotopic (exact) mass is 326 g/mol. The van der Waals surface area contributed by atoms with Crippen LogP contribution in [0.15, 0.2) is 42.7 Å². The number of carbonyl (C=O) groups is 1. The molecule has 2 aromatic heterocycles. The minimum absolute atomic E-state index is 0.0437. The molecule has 0 saturated carbocycles. The van der Waals surface area contributed by atoms with Crippen LogP contribution in [0.1, 0.15) is 13.8 Å². The van der Waals surface area contributed by atoms with E-state index in [4.69, 9.17) is 0 Å². The fourth-order valence-electron chi connectivity index (χ4n) is 2.31. The fraction of sp³-hybridized carbons (Fsp3) is 0.235. The van der Waals surface area contributed by atoms with Crippen LogP contribution in [0.3, 0.4) is 0 Å². The van der Waals surface area contributed by atoms with Gasteiger partial charge in [0.05, 0.1) is 5.39 Å². The molecule has 1 aromatic carbocycles. The highest BCUT2D eigenvalue weighted by molar-refractivity contribution is 7.21. The van der Waals surface area contributed by atoms with Crippen LogP contribution < -0.4 is 10.6 Å². The van der Waals surface area contributed by atoms with E-state index < -0.39 is 0 Å². The maximum Gasteiger partial charge on any atom is 0.242 e. The van der Waals surface area contributed by atoms with Gasteiger partial charge in [-0.3, -0.25) is 4.79 Å². The molecule has 6 heteroatoms. The minimum atomic E-state index is -0.354. The summed E-state index contributed by atoms with van der Waals surface area (Å²) in [5, 5.41) is 6.92. The number of carbonyl (C=O) groups excluding carboxylic acids is 1. The molecule has 0 spiro atoms. The van der Waals surface area contributed by atoms with Gasteiger partial charge in [-0.05, 0) is 25.5 Å². The van der Waals surface area contributed by atoms with Gasteiger partial charge in [-0.1, -0.05) is 30.3 Å². The van der Waals surface area contributed by atoms with Gasteiger partial charge in [-0.2, -0.15) is 0 Å². The smallest absolute Gasteiger partial charge is 0.242 e. The summed E-state index contributed by atoms with van der Waals surface area (Å²) in [6.45, 7) is 4.34. The number of aromatic nitrogens is 2. The van der Waals surface area contributed by atoms with Crippen molar-refractivity contribution in [3.63, 3.8) is 0 Å². The lowest BCUT2D eigenvalue weighted by Crippen LogP contribution is -2.37. The standard InChI is InChI=1S/C17H18N4OS/c1-3-18-16(22)11(2)21-15-13-9-14(12-7-5-4-6-8-12)23-17(13)20-10-19-15/h4-11H,3H2,1-2H3,(H,18,22)(H,19,20,21). The van der Waals surface area contributed by atoms with Crippen molar-refractivity contribution in [2.75, 3.05) is 11.9 Å². The number of fused-ring (bicyclic) bond motifs is 1. The van der Waals surface area contributed by atoms with Crippen LogP contribution in [-0.2, 0) is 4.79 Å². The van der Waals surface area contributed by atoms with Crippen molar-refractivity contribution in [3.05, 3.63) is 42.7 Å². The van der Waals surface area contributed by atoms with E-state index >= 15 is 0 Å². The average Bonchev–Trinajstić information content (AvgIpc) is 3.01. The number of anilines is 1. The molecule has 1 unspecified atom stereocenters. The second-order valence-corrected chi connectivity index (χ2v) is 6.21. The third-order valence-corrected chi connectivity index (χ3v) is 4.58. The summed E-state index contributed by atoms with van der Waals surface area (Å²) in [7, 11) is 0. The molecule has 3 aromatic rings. The number of thiophene rings is 1. The third-order valence-electron chi connectivity index (χ3n) is 3.49. The van der Waals surface area contributed by atoms with Gasteiger partial charge in [-0.25, -0.2) is 9.97 Å². The molecule has 0 aliphatic heterocycles. The molecule has 118 valence electrons. The van der Waals surface area contributed by atoms with Crippen molar-refractivity contribution in [2.24, 2.45) is 0 Å². The largest absolute Gasteiger partial charge is 0.358 e.